The van der Waals surface area contributed by atoms with Crippen LogP contribution in [0.25, 0.3) is 0 Å². The molecule has 1 aromatic heterocycles. The lowest BCUT2D eigenvalue weighted by Gasteiger charge is -2.29. The van der Waals surface area contributed by atoms with Crippen molar-refractivity contribution in [2.24, 2.45) is 5.73 Å². The summed E-state index contributed by atoms with van der Waals surface area (Å²) in [5.41, 5.74) is 6.15. The molecule has 2 heterocycles. The van der Waals surface area contributed by atoms with E-state index in [9.17, 15) is 9.59 Å². The summed E-state index contributed by atoms with van der Waals surface area (Å²) in [6.45, 7) is 3.08. The molecule has 0 spiro atoms. The van der Waals surface area contributed by atoms with E-state index in [1.54, 1.807) is 30.3 Å². The number of pyridine rings is 1. The van der Waals surface area contributed by atoms with Crippen molar-refractivity contribution in [2.75, 3.05) is 18.5 Å². The minimum atomic E-state index is -0.531. The number of nitrogens with one attached hydrogen (secondary N) is 2. The Balaban J connectivity index is 1.62. The van der Waals surface area contributed by atoms with Crippen molar-refractivity contribution in [1.82, 2.24) is 10.3 Å². The smallest absolute Gasteiger partial charge is 0.248 e. The van der Waals surface area contributed by atoms with Crippen molar-refractivity contribution in [3.05, 3.63) is 48.2 Å². The molecule has 3 rings (SSSR count). The summed E-state index contributed by atoms with van der Waals surface area (Å²) in [4.78, 5) is 27.7. The zero-order chi connectivity index (χ0) is 18.5. The molecule has 1 aromatic carbocycles. The van der Waals surface area contributed by atoms with Crippen LogP contribution < -0.4 is 21.1 Å². The Kier molecular flexibility index (Phi) is 5.45. The molecule has 2 amide bonds. The van der Waals surface area contributed by atoms with Gasteiger partial charge in [-0.3, -0.25) is 9.59 Å². The third-order valence-corrected chi connectivity index (χ3v) is 3.94. The molecule has 0 bridgehead atoms. The van der Waals surface area contributed by atoms with E-state index in [4.69, 9.17) is 15.2 Å². The molecule has 1 saturated heterocycles. The molecule has 2 atom stereocenters. The van der Waals surface area contributed by atoms with Crippen molar-refractivity contribution in [1.29, 1.82) is 0 Å². The fraction of sp³-hybridized carbons (Fsp3) is 0.278. The lowest BCUT2D eigenvalue weighted by atomic mass is 10.1. The van der Waals surface area contributed by atoms with Gasteiger partial charge in [0.25, 0.3) is 0 Å². The van der Waals surface area contributed by atoms with E-state index >= 15 is 0 Å². The monoisotopic (exact) mass is 356 g/mol. The van der Waals surface area contributed by atoms with Crippen molar-refractivity contribution in [3.63, 3.8) is 0 Å². The number of morpholine rings is 1. The molecule has 0 aliphatic carbocycles. The number of primary amides is 1. The van der Waals surface area contributed by atoms with Crippen molar-refractivity contribution >= 4 is 17.5 Å². The average molecular weight is 356 g/mol. The van der Waals surface area contributed by atoms with Gasteiger partial charge >= 0.3 is 0 Å². The summed E-state index contributed by atoms with van der Waals surface area (Å²) in [5.74, 6) is 0.0675. The van der Waals surface area contributed by atoms with E-state index in [2.05, 4.69) is 15.6 Å². The molecule has 2 aromatic rings. The predicted molar refractivity (Wildman–Crippen MR) is 95.1 cm³/mol. The van der Waals surface area contributed by atoms with Crippen molar-refractivity contribution in [3.8, 4) is 11.6 Å². The quantitative estimate of drug-likeness (QED) is 0.743. The fourth-order valence-corrected chi connectivity index (χ4v) is 2.60. The van der Waals surface area contributed by atoms with Gasteiger partial charge < -0.3 is 25.8 Å². The number of benzene rings is 1. The van der Waals surface area contributed by atoms with Gasteiger partial charge in [0.2, 0.25) is 17.7 Å². The summed E-state index contributed by atoms with van der Waals surface area (Å²) in [6.07, 6.45) is 1.30. The fourth-order valence-electron chi connectivity index (χ4n) is 2.60. The molecule has 0 saturated carbocycles. The van der Waals surface area contributed by atoms with E-state index < -0.39 is 11.9 Å². The van der Waals surface area contributed by atoms with Crippen LogP contribution in [0.5, 0.6) is 11.6 Å². The van der Waals surface area contributed by atoms with Gasteiger partial charge in [-0.25, -0.2) is 4.98 Å². The highest BCUT2D eigenvalue weighted by atomic mass is 16.5. The SMILES string of the molecule is C[C@H]1OCCN[C@@H]1C(=O)Nc1ccc(Oc2cccc(C(N)=O)c2)nc1. The summed E-state index contributed by atoms with van der Waals surface area (Å²) in [6, 6.07) is 9.41. The van der Waals surface area contributed by atoms with E-state index in [0.717, 1.165) is 0 Å². The van der Waals surface area contributed by atoms with Gasteiger partial charge in [-0.05, 0) is 31.2 Å². The number of nitrogens with two attached hydrogens (primary N) is 1. The summed E-state index contributed by atoms with van der Waals surface area (Å²) < 4.78 is 11.1. The molecule has 26 heavy (non-hydrogen) atoms. The number of nitrogens with zero attached hydrogens (tertiary/aromatic N) is 1. The predicted octanol–water partition coefficient (Wildman–Crippen LogP) is 1.29. The molecule has 8 nitrogen and oxygen atoms in total. The topological polar surface area (TPSA) is 116 Å². The molecule has 4 N–H and O–H groups in total. The highest BCUT2D eigenvalue weighted by Gasteiger charge is 2.28. The molecular formula is C18H20N4O4. The van der Waals surface area contributed by atoms with Crippen LogP contribution in [0.3, 0.4) is 0 Å². The Morgan fingerprint density at radius 3 is 2.88 bits per heavy atom. The molecule has 1 aliphatic heterocycles. The Bertz CT molecular complexity index is 794. The largest absolute Gasteiger partial charge is 0.439 e. The van der Waals surface area contributed by atoms with Crippen LogP contribution in [0.2, 0.25) is 0 Å². The third kappa shape index (κ3) is 4.35. The molecular weight excluding hydrogens is 336 g/mol. The van der Waals surface area contributed by atoms with E-state index in [0.29, 0.717) is 36.0 Å². The van der Waals surface area contributed by atoms with Gasteiger partial charge in [-0.1, -0.05) is 6.07 Å². The first-order valence-corrected chi connectivity index (χ1v) is 8.22. The van der Waals surface area contributed by atoms with Gasteiger partial charge in [0.05, 0.1) is 24.6 Å². The first-order valence-electron chi connectivity index (χ1n) is 8.22. The normalized spacial score (nSPS) is 19.6. The number of ether oxygens (including phenoxy) is 2. The molecule has 8 heteroatoms. The van der Waals surface area contributed by atoms with Gasteiger partial charge in [0, 0.05) is 18.2 Å². The molecule has 136 valence electrons. The van der Waals surface area contributed by atoms with E-state index in [1.807, 2.05) is 6.92 Å². The van der Waals surface area contributed by atoms with Crippen LogP contribution >= 0.6 is 0 Å². The van der Waals surface area contributed by atoms with Crippen LogP contribution in [0.4, 0.5) is 5.69 Å². The summed E-state index contributed by atoms with van der Waals surface area (Å²) >= 11 is 0. The lowest BCUT2D eigenvalue weighted by Crippen LogP contribution is -2.53. The average Bonchev–Trinajstić information content (AvgIpc) is 2.64. The van der Waals surface area contributed by atoms with E-state index in [1.165, 1.54) is 12.3 Å². The molecule has 0 radical (unpaired) electrons. The van der Waals surface area contributed by atoms with Gasteiger partial charge in [-0.2, -0.15) is 0 Å². The number of hydrogen-bond acceptors (Lipinski definition) is 6. The van der Waals surface area contributed by atoms with Crippen LogP contribution in [-0.4, -0.2) is 42.1 Å². The van der Waals surface area contributed by atoms with Crippen molar-refractivity contribution in [2.45, 2.75) is 19.1 Å². The zero-order valence-electron chi connectivity index (χ0n) is 14.3. The highest BCUT2D eigenvalue weighted by Crippen LogP contribution is 2.21. The number of amides is 2. The van der Waals surface area contributed by atoms with Gasteiger partial charge in [0.1, 0.15) is 11.8 Å². The summed E-state index contributed by atoms with van der Waals surface area (Å²) in [7, 11) is 0. The summed E-state index contributed by atoms with van der Waals surface area (Å²) in [5, 5.41) is 5.92. The lowest BCUT2D eigenvalue weighted by molar-refractivity contribution is -0.123. The Morgan fingerprint density at radius 1 is 1.35 bits per heavy atom. The standard InChI is InChI=1S/C18H20N4O4/c1-11-16(20-7-8-25-11)18(24)22-13-5-6-15(21-10-13)26-14-4-2-3-12(9-14)17(19)23/h2-6,9-11,16,20H,7-8H2,1H3,(H2,19,23)(H,22,24)/t11-,16+/m1/s1. The molecule has 1 fully saturated rings. The maximum Gasteiger partial charge on any atom is 0.248 e. The van der Waals surface area contributed by atoms with Gasteiger partial charge in [-0.15, -0.1) is 0 Å². The first-order chi connectivity index (χ1) is 12.5. The van der Waals surface area contributed by atoms with E-state index in [-0.39, 0.29) is 12.0 Å². The zero-order valence-corrected chi connectivity index (χ0v) is 14.3. The minimum absolute atomic E-state index is 0.179. The third-order valence-electron chi connectivity index (χ3n) is 3.94. The number of rotatable bonds is 5. The Morgan fingerprint density at radius 2 is 2.19 bits per heavy atom. The van der Waals surface area contributed by atoms with Crippen LogP contribution in [0, 0.1) is 0 Å². The Labute approximate surface area is 150 Å². The first kappa shape index (κ1) is 17.8. The molecule has 0 unspecified atom stereocenters. The number of hydrogen-bond donors (Lipinski definition) is 3. The second kappa shape index (κ2) is 7.94. The maximum absolute atomic E-state index is 12.3. The number of carbonyl (C=O) groups excluding carboxylic acids is 2. The Hall–Kier alpha value is -2.97. The second-order valence-electron chi connectivity index (χ2n) is 5.88. The number of carbonyl (C=O) groups is 2. The van der Waals surface area contributed by atoms with Gasteiger partial charge in [0.15, 0.2) is 0 Å². The van der Waals surface area contributed by atoms with Crippen LogP contribution in [-0.2, 0) is 9.53 Å². The van der Waals surface area contributed by atoms with Crippen LogP contribution in [0.15, 0.2) is 42.6 Å². The number of aromatic nitrogens is 1. The number of anilines is 1. The molecule has 1 aliphatic rings. The highest BCUT2D eigenvalue weighted by molar-refractivity contribution is 5.95. The minimum Gasteiger partial charge on any atom is -0.439 e. The maximum atomic E-state index is 12.3. The van der Waals surface area contributed by atoms with Crippen LogP contribution in [0.1, 0.15) is 17.3 Å². The van der Waals surface area contributed by atoms with Crippen molar-refractivity contribution < 1.29 is 19.1 Å². The second-order valence-corrected chi connectivity index (χ2v) is 5.88.